The van der Waals surface area contributed by atoms with Crippen LogP contribution < -0.4 is 19.6 Å². The van der Waals surface area contributed by atoms with Crippen molar-refractivity contribution in [3.63, 3.8) is 0 Å². The van der Waals surface area contributed by atoms with Gasteiger partial charge in [0.25, 0.3) is 0 Å². The van der Waals surface area contributed by atoms with Crippen LogP contribution >= 0.6 is 0 Å². The third-order valence-electron chi connectivity index (χ3n) is 5.24. The van der Waals surface area contributed by atoms with E-state index < -0.39 is 30.0 Å². The summed E-state index contributed by atoms with van der Waals surface area (Å²) in [6, 6.07) is 6.38. The highest BCUT2D eigenvalue weighted by molar-refractivity contribution is 5.77. The normalized spacial score (nSPS) is 22.8. The van der Waals surface area contributed by atoms with Crippen LogP contribution in [0.4, 0.5) is 0 Å². The number of aliphatic hydroxyl groups is 3. The third-order valence-corrected chi connectivity index (χ3v) is 5.24. The number of aromatic hydroxyl groups is 2. The van der Waals surface area contributed by atoms with Crippen molar-refractivity contribution in [2.75, 3.05) is 20.8 Å². The molecule has 0 spiro atoms. The van der Waals surface area contributed by atoms with Gasteiger partial charge in [-0.05, 0) is 18.2 Å². The molecular formula is C22H22O11. The first kappa shape index (κ1) is 22.7. The van der Waals surface area contributed by atoms with Crippen molar-refractivity contribution in [3.05, 3.63) is 40.6 Å². The lowest BCUT2D eigenvalue weighted by molar-refractivity contribution is -0.242. The van der Waals surface area contributed by atoms with Gasteiger partial charge in [0.1, 0.15) is 29.8 Å². The SMILES string of the molecule is COc1cc(-c2oc3cc(=O)cc(O)c-3cc2O[C@@H]2OC[C@H](O)[C@H](O)[C@H]2O)cc(OC)c1O. The molecule has 11 heteroatoms. The van der Waals surface area contributed by atoms with Crippen molar-refractivity contribution >= 4 is 0 Å². The summed E-state index contributed by atoms with van der Waals surface area (Å²) in [6.45, 7) is -0.297. The van der Waals surface area contributed by atoms with Crippen molar-refractivity contribution in [1.82, 2.24) is 0 Å². The zero-order valence-electron chi connectivity index (χ0n) is 17.6. The number of ether oxygens (including phenoxy) is 4. The number of aliphatic hydroxyl groups excluding tert-OH is 3. The van der Waals surface area contributed by atoms with Gasteiger partial charge in [0.15, 0.2) is 28.4 Å². The Hall–Kier alpha value is -3.51. The highest BCUT2D eigenvalue weighted by atomic mass is 16.7. The number of benzene rings is 2. The predicted octanol–water partition coefficient (Wildman–Crippen LogP) is 0.658. The zero-order valence-corrected chi connectivity index (χ0v) is 17.6. The lowest BCUT2D eigenvalue weighted by Crippen LogP contribution is -2.54. The van der Waals surface area contributed by atoms with Gasteiger partial charge >= 0.3 is 0 Å². The Morgan fingerprint density at radius 3 is 2.21 bits per heavy atom. The second-order valence-corrected chi connectivity index (χ2v) is 7.39. The van der Waals surface area contributed by atoms with Crippen LogP contribution in [0.3, 0.4) is 0 Å². The van der Waals surface area contributed by atoms with E-state index in [1.165, 1.54) is 38.5 Å². The van der Waals surface area contributed by atoms with Gasteiger partial charge in [-0.25, -0.2) is 0 Å². The molecule has 1 aliphatic carbocycles. The third kappa shape index (κ3) is 4.14. The largest absolute Gasteiger partial charge is 0.507 e. The maximum Gasteiger partial charge on any atom is 0.229 e. The highest BCUT2D eigenvalue weighted by Crippen LogP contribution is 2.46. The van der Waals surface area contributed by atoms with Crippen LogP contribution in [0.1, 0.15) is 0 Å². The molecule has 4 atom stereocenters. The summed E-state index contributed by atoms with van der Waals surface area (Å²) < 4.78 is 27.3. The molecule has 1 aromatic rings. The number of hydrogen-bond donors (Lipinski definition) is 5. The average Bonchev–Trinajstić information content (AvgIpc) is 2.79. The molecule has 1 fully saturated rings. The van der Waals surface area contributed by atoms with Crippen LogP contribution in [0, 0.1) is 0 Å². The minimum Gasteiger partial charge on any atom is -0.507 e. The van der Waals surface area contributed by atoms with E-state index >= 15 is 0 Å². The minimum absolute atomic E-state index is 0.0144. The standard InChI is InChI=1S/C22H22O11/c1-29-15-3-9(4-16(30-2)19(15)27)21-17(33-22-20(28)18(26)13(25)8-31-22)7-11-12(24)5-10(23)6-14(11)32-21/h3-7,13,18,20,22,24-28H,8H2,1-2H3/t13-,18-,20+,22-/m0/s1. The summed E-state index contributed by atoms with van der Waals surface area (Å²) in [5, 5.41) is 50.4. The van der Waals surface area contributed by atoms with Gasteiger partial charge in [-0.2, -0.15) is 0 Å². The van der Waals surface area contributed by atoms with Gasteiger partial charge in [0, 0.05) is 17.7 Å². The van der Waals surface area contributed by atoms with E-state index in [-0.39, 0.29) is 52.4 Å². The zero-order chi connectivity index (χ0) is 23.9. The molecule has 0 unspecified atom stereocenters. The Balaban J connectivity index is 1.90. The fourth-order valence-corrected chi connectivity index (χ4v) is 3.50. The molecule has 0 aromatic heterocycles. The molecular weight excluding hydrogens is 440 g/mol. The molecule has 1 saturated heterocycles. The number of hydrogen-bond acceptors (Lipinski definition) is 11. The van der Waals surface area contributed by atoms with Crippen LogP contribution in [-0.2, 0) is 4.74 Å². The van der Waals surface area contributed by atoms with Gasteiger partial charge in [-0.1, -0.05) is 0 Å². The average molecular weight is 462 g/mol. The van der Waals surface area contributed by atoms with Crippen molar-refractivity contribution < 1.29 is 48.9 Å². The quantitative estimate of drug-likeness (QED) is 0.361. The lowest BCUT2D eigenvalue weighted by atomic mass is 10.0. The summed E-state index contributed by atoms with van der Waals surface area (Å²) in [7, 11) is 2.68. The Labute approximate surface area is 186 Å². The summed E-state index contributed by atoms with van der Waals surface area (Å²) in [6.07, 6.45) is -5.81. The topological polar surface area (TPSA) is 168 Å². The number of fused-ring (bicyclic) bond motifs is 1. The second-order valence-electron chi connectivity index (χ2n) is 7.39. The van der Waals surface area contributed by atoms with Crippen molar-refractivity contribution in [1.29, 1.82) is 0 Å². The lowest BCUT2D eigenvalue weighted by Gasteiger charge is -2.35. The molecule has 2 heterocycles. The van der Waals surface area contributed by atoms with E-state index in [2.05, 4.69) is 0 Å². The first-order chi connectivity index (χ1) is 15.7. The van der Waals surface area contributed by atoms with Crippen molar-refractivity contribution in [2.24, 2.45) is 0 Å². The Kier molecular flexibility index (Phi) is 6.04. The number of rotatable bonds is 5. The number of methoxy groups -OCH3 is 2. The fourth-order valence-electron chi connectivity index (χ4n) is 3.50. The molecule has 1 aromatic carbocycles. The Bertz CT molecular complexity index is 1160. The highest BCUT2D eigenvalue weighted by Gasteiger charge is 2.39. The van der Waals surface area contributed by atoms with Gasteiger partial charge in [-0.15, -0.1) is 0 Å². The van der Waals surface area contributed by atoms with E-state index in [0.717, 1.165) is 6.07 Å². The van der Waals surface area contributed by atoms with Gasteiger partial charge in [0.2, 0.25) is 12.0 Å². The smallest absolute Gasteiger partial charge is 0.229 e. The van der Waals surface area contributed by atoms with E-state index in [9.17, 15) is 30.3 Å². The van der Waals surface area contributed by atoms with E-state index in [1.807, 2.05) is 0 Å². The monoisotopic (exact) mass is 462 g/mol. The molecule has 5 N–H and O–H groups in total. The number of phenols is 2. The molecule has 176 valence electrons. The number of phenolic OH excluding ortho intramolecular Hbond substituents is 2. The predicted molar refractivity (Wildman–Crippen MR) is 112 cm³/mol. The summed E-state index contributed by atoms with van der Waals surface area (Å²) in [4.78, 5) is 11.9. The van der Waals surface area contributed by atoms with Crippen LogP contribution in [0.25, 0.3) is 22.6 Å². The maximum atomic E-state index is 11.9. The summed E-state index contributed by atoms with van der Waals surface area (Å²) >= 11 is 0. The summed E-state index contributed by atoms with van der Waals surface area (Å²) in [5.74, 6) is -0.501. The second kappa shape index (κ2) is 8.79. The Morgan fingerprint density at radius 2 is 1.58 bits per heavy atom. The molecule has 2 aliphatic heterocycles. The van der Waals surface area contributed by atoms with E-state index in [1.54, 1.807) is 0 Å². The van der Waals surface area contributed by atoms with Gasteiger partial charge in [0.05, 0.1) is 26.4 Å². The van der Waals surface area contributed by atoms with Crippen LogP contribution in [0.15, 0.2) is 39.5 Å². The van der Waals surface area contributed by atoms with Gasteiger partial charge < -0.3 is 48.9 Å². The van der Waals surface area contributed by atoms with Crippen LogP contribution in [-0.4, -0.2) is 71.0 Å². The van der Waals surface area contributed by atoms with Crippen LogP contribution in [0.5, 0.6) is 28.7 Å². The maximum absolute atomic E-state index is 11.9. The molecule has 0 amide bonds. The summed E-state index contributed by atoms with van der Waals surface area (Å²) in [5.41, 5.74) is -0.0654. The molecule has 0 radical (unpaired) electrons. The van der Waals surface area contributed by atoms with E-state index in [0.29, 0.717) is 5.56 Å². The van der Waals surface area contributed by atoms with Crippen LogP contribution in [0.2, 0.25) is 0 Å². The molecule has 11 nitrogen and oxygen atoms in total. The first-order valence-electron chi connectivity index (χ1n) is 9.82. The minimum atomic E-state index is -1.60. The van der Waals surface area contributed by atoms with Gasteiger partial charge in [-0.3, -0.25) is 4.79 Å². The van der Waals surface area contributed by atoms with Crippen molar-refractivity contribution in [2.45, 2.75) is 24.6 Å². The molecule has 33 heavy (non-hydrogen) atoms. The molecule has 0 saturated carbocycles. The van der Waals surface area contributed by atoms with E-state index in [4.69, 9.17) is 23.4 Å². The molecule has 0 bridgehead atoms. The molecule has 3 aliphatic rings. The van der Waals surface area contributed by atoms with Crippen molar-refractivity contribution in [3.8, 4) is 51.4 Å². The Morgan fingerprint density at radius 1 is 0.909 bits per heavy atom. The fraction of sp³-hybridized carbons (Fsp3) is 0.318. The molecule has 4 rings (SSSR count). The first-order valence-corrected chi connectivity index (χ1v) is 9.82.